The summed E-state index contributed by atoms with van der Waals surface area (Å²) in [6.07, 6.45) is -1.04. The van der Waals surface area contributed by atoms with E-state index in [2.05, 4.69) is 16.0 Å². The van der Waals surface area contributed by atoms with Crippen molar-refractivity contribution in [2.45, 2.75) is 24.9 Å². The van der Waals surface area contributed by atoms with E-state index in [9.17, 15) is 14.4 Å². The van der Waals surface area contributed by atoms with E-state index < -0.39 is 29.5 Å². The first-order chi connectivity index (χ1) is 12.1. The summed E-state index contributed by atoms with van der Waals surface area (Å²) in [6.45, 7) is 1.84. The molecule has 3 atom stereocenters. The molecule has 3 amide bonds. The number of alkyl carbamates (subject to hydrolysis) is 1. The number of amides is 3. The molecule has 2 aliphatic rings. The van der Waals surface area contributed by atoms with Crippen LogP contribution in [0, 0.1) is 5.92 Å². The van der Waals surface area contributed by atoms with Crippen LogP contribution in [0.4, 0.5) is 10.5 Å². The fourth-order valence-electron chi connectivity index (χ4n) is 2.68. The average Bonchev–Trinajstić information content (AvgIpc) is 3.21. The summed E-state index contributed by atoms with van der Waals surface area (Å²) in [5.74, 6) is 0.0210. The third-order valence-corrected chi connectivity index (χ3v) is 5.15. The Morgan fingerprint density at radius 2 is 2.12 bits per heavy atom. The number of fused-ring (bicyclic) bond motifs is 1. The van der Waals surface area contributed by atoms with Gasteiger partial charge in [-0.15, -0.1) is 11.8 Å². The van der Waals surface area contributed by atoms with Crippen molar-refractivity contribution in [3.05, 3.63) is 24.3 Å². The Morgan fingerprint density at radius 1 is 1.32 bits per heavy atom. The van der Waals surface area contributed by atoms with Gasteiger partial charge in [0.1, 0.15) is 5.75 Å². The number of hydrogen-bond donors (Lipinski definition) is 3. The standard InChI is InChI=1S/C16H19N3O5S/c1-2-23-16(22)19-12(20)9-7-8-25-15(9)18-13(21)14-17-10-5-3-4-6-11(10)24-14/h3-6,9,14-15,17H,2,7-8H2,1H3,(H,18,21)(H,19,20,22). The number of para-hydroxylation sites is 2. The molecule has 1 aromatic rings. The van der Waals surface area contributed by atoms with Crippen molar-refractivity contribution in [3.63, 3.8) is 0 Å². The summed E-state index contributed by atoms with van der Waals surface area (Å²) >= 11 is 1.46. The lowest BCUT2D eigenvalue weighted by molar-refractivity contribution is -0.128. The van der Waals surface area contributed by atoms with Crippen LogP contribution in [-0.4, -0.2) is 41.9 Å². The van der Waals surface area contributed by atoms with Gasteiger partial charge in [0.05, 0.1) is 23.6 Å². The van der Waals surface area contributed by atoms with E-state index in [-0.39, 0.29) is 12.5 Å². The highest BCUT2D eigenvalue weighted by Crippen LogP contribution is 2.33. The highest BCUT2D eigenvalue weighted by Gasteiger charge is 2.38. The Morgan fingerprint density at radius 3 is 2.88 bits per heavy atom. The first-order valence-corrected chi connectivity index (χ1v) is 9.05. The zero-order valence-corrected chi connectivity index (χ0v) is 14.4. The van der Waals surface area contributed by atoms with Gasteiger partial charge in [0, 0.05) is 0 Å². The van der Waals surface area contributed by atoms with Gasteiger partial charge in [0.25, 0.3) is 5.91 Å². The number of carbonyl (C=O) groups excluding carboxylic acids is 3. The van der Waals surface area contributed by atoms with E-state index in [1.165, 1.54) is 11.8 Å². The number of benzene rings is 1. The highest BCUT2D eigenvalue weighted by molar-refractivity contribution is 8.00. The molecule has 0 aromatic heterocycles. The second kappa shape index (κ2) is 7.64. The van der Waals surface area contributed by atoms with Gasteiger partial charge in [0.2, 0.25) is 12.1 Å². The molecule has 1 fully saturated rings. The van der Waals surface area contributed by atoms with Crippen molar-refractivity contribution in [1.29, 1.82) is 0 Å². The molecule has 25 heavy (non-hydrogen) atoms. The van der Waals surface area contributed by atoms with Gasteiger partial charge in [-0.05, 0) is 31.2 Å². The second-order valence-electron chi connectivity index (χ2n) is 5.54. The summed E-state index contributed by atoms with van der Waals surface area (Å²) in [6, 6.07) is 7.26. The largest absolute Gasteiger partial charge is 0.459 e. The lowest BCUT2D eigenvalue weighted by Crippen LogP contribution is -2.49. The van der Waals surface area contributed by atoms with Gasteiger partial charge in [-0.2, -0.15) is 0 Å². The first kappa shape index (κ1) is 17.4. The van der Waals surface area contributed by atoms with E-state index in [0.29, 0.717) is 17.9 Å². The van der Waals surface area contributed by atoms with Gasteiger partial charge in [-0.25, -0.2) is 4.79 Å². The highest BCUT2D eigenvalue weighted by atomic mass is 32.2. The van der Waals surface area contributed by atoms with Gasteiger partial charge in [-0.1, -0.05) is 12.1 Å². The van der Waals surface area contributed by atoms with Crippen molar-refractivity contribution in [1.82, 2.24) is 10.6 Å². The molecular formula is C16H19N3O5S. The van der Waals surface area contributed by atoms with Crippen molar-refractivity contribution in [2.75, 3.05) is 17.7 Å². The van der Waals surface area contributed by atoms with Crippen LogP contribution in [-0.2, 0) is 14.3 Å². The second-order valence-corrected chi connectivity index (χ2v) is 6.79. The molecule has 1 aromatic carbocycles. The Balaban J connectivity index is 1.56. The first-order valence-electron chi connectivity index (χ1n) is 8.00. The molecule has 3 unspecified atom stereocenters. The molecule has 0 spiro atoms. The van der Waals surface area contributed by atoms with Crippen molar-refractivity contribution in [3.8, 4) is 5.75 Å². The fourth-order valence-corrected chi connectivity index (χ4v) is 4.02. The minimum atomic E-state index is -0.840. The summed E-state index contributed by atoms with van der Waals surface area (Å²) < 4.78 is 10.3. The predicted molar refractivity (Wildman–Crippen MR) is 92.1 cm³/mol. The van der Waals surface area contributed by atoms with Crippen molar-refractivity contribution < 1.29 is 23.9 Å². The summed E-state index contributed by atoms with van der Waals surface area (Å²) in [5.41, 5.74) is 0.748. The summed E-state index contributed by atoms with van der Waals surface area (Å²) in [4.78, 5) is 36.0. The van der Waals surface area contributed by atoms with Gasteiger partial charge in [-0.3, -0.25) is 14.9 Å². The van der Waals surface area contributed by atoms with Gasteiger partial charge < -0.3 is 20.1 Å². The van der Waals surface area contributed by atoms with Crippen LogP contribution in [0.15, 0.2) is 24.3 Å². The van der Waals surface area contributed by atoms with Crippen LogP contribution in [0.1, 0.15) is 13.3 Å². The number of anilines is 1. The quantitative estimate of drug-likeness (QED) is 0.738. The molecule has 0 radical (unpaired) electrons. The fraction of sp³-hybridized carbons (Fsp3) is 0.438. The molecule has 3 rings (SSSR count). The molecule has 134 valence electrons. The van der Waals surface area contributed by atoms with E-state index >= 15 is 0 Å². The molecular weight excluding hydrogens is 346 g/mol. The number of hydrogen-bond acceptors (Lipinski definition) is 7. The maximum Gasteiger partial charge on any atom is 0.413 e. The predicted octanol–water partition coefficient (Wildman–Crippen LogP) is 1.29. The van der Waals surface area contributed by atoms with E-state index in [0.717, 1.165) is 5.69 Å². The van der Waals surface area contributed by atoms with Gasteiger partial charge >= 0.3 is 6.09 Å². The number of carbonyl (C=O) groups is 3. The Labute approximate surface area is 149 Å². The van der Waals surface area contributed by atoms with E-state index in [1.54, 1.807) is 13.0 Å². The zero-order valence-electron chi connectivity index (χ0n) is 13.6. The number of thioether (sulfide) groups is 1. The Kier molecular flexibility index (Phi) is 5.32. The third kappa shape index (κ3) is 3.98. The minimum absolute atomic E-state index is 0.184. The smallest absolute Gasteiger partial charge is 0.413 e. The number of nitrogens with one attached hydrogen (secondary N) is 3. The molecule has 2 heterocycles. The summed E-state index contributed by atoms with van der Waals surface area (Å²) in [5, 5.41) is 7.58. The molecule has 9 heteroatoms. The molecule has 0 saturated carbocycles. The Hall–Kier alpha value is -2.42. The lowest BCUT2D eigenvalue weighted by atomic mass is 10.1. The van der Waals surface area contributed by atoms with Crippen LogP contribution in [0.2, 0.25) is 0 Å². The monoisotopic (exact) mass is 365 g/mol. The molecule has 2 aliphatic heterocycles. The zero-order chi connectivity index (χ0) is 17.8. The number of imide groups is 1. The normalized spacial score (nSPS) is 23.8. The number of ether oxygens (including phenoxy) is 2. The van der Waals surface area contributed by atoms with Crippen LogP contribution in [0.5, 0.6) is 5.75 Å². The SMILES string of the molecule is CCOC(=O)NC(=O)C1CCSC1NC(=O)C1Nc2ccccc2O1. The third-order valence-electron chi connectivity index (χ3n) is 3.87. The van der Waals surface area contributed by atoms with Crippen LogP contribution < -0.4 is 20.7 Å². The maximum absolute atomic E-state index is 12.4. The van der Waals surface area contributed by atoms with Crippen LogP contribution in [0.3, 0.4) is 0 Å². The lowest BCUT2D eigenvalue weighted by Gasteiger charge is -2.21. The molecule has 1 saturated heterocycles. The van der Waals surface area contributed by atoms with Crippen LogP contribution >= 0.6 is 11.8 Å². The molecule has 3 N–H and O–H groups in total. The molecule has 0 aliphatic carbocycles. The average molecular weight is 365 g/mol. The Bertz CT molecular complexity index is 658. The van der Waals surface area contributed by atoms with Gasteiger partial charge in [0.15, 0.2) is 0 Å². The number of rotatable bonds is 4. The topological polar surface area (TPSA) is 106 Å². The van der Waals surface area contributed by atoms with Crippen molar-refractivity contribution >= 4 is 35.4 Å². The molecule has 0 bridgehead atoms. The summed E-state index contributed by atoms with van der Waals surface area (Å²) in [7, 11) is 0. The van der Waals surface area contributed by atoms with E-state index in [1.807, 2.05) is 18.2 Å². The maximum atomic E-state index is 12.4. The van der Waals surface area contributed by atoms with E-state index in [4.69, 9.17) is 9.47 Å². The minimum Gasteiger partial charge on any atom is -0.459 e. The molecule has 8 nitrogen and oxygen atoms in total. The van der Waals surface area contributed by atoms with Crippen molar-refractivity contribution in [2.24, 2.45) is 5.92 Å². The van der Waals surface area contributed by atoms with Crippen LogP contribution in [0.25, 0.3) is 0 Å².